The van der Waals surface area contributed by atoms with E-state index in [9.17, 15) is 23.1 Å². The number of aliphatic hydroxyl groups is 1. The number of hydrogen-bond acceptors (Lipinski definition) is 8. The number of aromatic carboxylic acids is 1. The Kier molecular flexibility index (Phi) is 9.14. The predicted octanol–water partition coefficient (Wildman–Crippen LogP) is 3.60. The molecule has 1 amide bonds. The summed E-state index contributed by atoms with van der Waals surface area (Å²) >= 11 is 1.08. The molecule has 0 saturated carbocycles. The van der Waals surface area contributed by atoms with Gasteiger partial charge in [-0.3, -0.25) is 14.4 Å². The van der Waals surface area contributed by atoms with Gasteiger partial charge in [0, 0.05) is 25.6 Å². The zero-order valence-corrected chi connectivity index (χ0v) is 24.1. The third-order valence-electron chi connectivity index (χ3n) is 6.84. The van der Waals surface area contributed by atoms with E-state index in [1.54, 1.807) is 65.7 Å². The van der Waals surface area contributed by atoms with Gasteiger partial charge in [0.05, 0.1) is 29.5 Å². The molecule has 1 aliphatic rings. The molecule has 4 rings (SSSR count). The number of carbonyl (C=O) groups is 2. The van der Waals surface area contributed by atoms with E-state index in [1.807, 2.05) is 18.9 Å². The lowest BCUT2D eigenvalue weighted by atomic mass is 9.99. The van der Waals surface area contributed by atoms with E-state index in [4.69, 9.17) is 9.84 Å². The van der Waals surface area contributed by atoms with Crippen LogP contribution >= 0.6 is 11.3 Å². The number of benzene rings is 2. The predicted molar refractivity (Wildman–Crippen MR) is 152 cm³/mol. The van der Waals surface area contributed by atoms with Crippen molar-refractivity contribution < 1.29 is 33.0 Å². The van der Waals surface area contributed by atoms with Crippen molar-refractivity contribution in [2.45, 2.75) is 36.7 Å². The van der Waals surface area contributed by atoms with Crippen LogP contribution in [0.1, 0.15) is 40.1 Å². The molecule has 0 spiro atoms. The third kappa shape index (κ3) is 6.64. The van der Waals surface area contributed by atoms with Crippen LogP contribution in [0.15, 0.2) is 64.2 Å². The first kappa shape index (κ1) is 29.5. The quantitative estimate of drug-likeness (QED) is 0.327. The number of thiophene rings is 1. The van der Waals surface area contributed by atoms with E-state index in [0.29, 0.717) is 19.6 Å². The van der Waals surface area contributed by atoms with Crippen LogP contribution in [-0.2, 0) is 16.6 Å². The largest absolute Gasteiger partial charge is 0.486 e. The zero-order chi connectivity index (χ0) is 29.0. The first-order valence-electron chi connectivity index (χ1n) is 12.8. The summed E-state index contributed by atoms with van der Waals surface area (Å²) in [6, 6.07) is 14.1. The van der Waals surface area contributed by atoms with Crippen molar-refractivity contribution in [3.63, 3.8) is 0 Å². The van der Waals surface area contributed by atoms with Gasteiger partial charge >= 0.3 is 5.97 Å². The van der Waals surface area contributed by atoms with Crippen molar-refractivity contribution in [2.75, 3.05) is 31.5 Å². The van der Waals surface area contributed by atoms with Crippen LogP contribution in [0.5, 0.6) is 5.75 Å². The number of ether oxygens (including phenoxy) is 1. The minimum absolute atomic E-state index is 0.136. The summed E-state index contributed by atoms with van der Waals surface area (Å²) in [6.45, 7) is 4.77. The van der Waals surface area contributed by atoms with Crippen molar-refractivity contribution in [3.05, 3.63) is 76.7 Å². The van der Waals surface area contributed by atoms with Gasteiger partial charge in [0.15, 0.2) is 5.75 Å². The van der Waals surface area contributed by atoms with Gasteiger partial charge < -0.3 is 19.8 Å². The highest BCUT2D eigenvalue weighted by atomic mass is 32.2. The minimum Gasteiger partial charge on any atom is -0.486 e. The summed E-state index contributed by atoms with van der Waals surface area (Å²) in [5.41, 5.74) is 1.49. The molecule has 1 aromatic heterocycles. The van der Waals surface area contributed by atoms with E-state index in [0.717, 1.165) is 16.9 Å². The maximum Gasteiger partial charge on any atom is 0.335 e. The SMILES string of the molecule is C[C@@H]1CN([C@H](C)CO)C(=O)c2cccc(NS(=O)(=O)c3cccs3)c2O[C@@H]1CN(C)Cc1ccc(C(=O)O)cc1. The molecule has 0 aliphatic carbocycles. The molecule has 0 radical (unpaired) electrons. The number of likely N-dealkylation sites (N-methyl/N-ethyl adjacent to an activating group) is 1. The van der Waals surface area contributed by atoms with Gasteiger partial charge in [-0.2, -0.15) is 0 Å². The molecule has 2 aromatic carbocycles. The van der Waals surface area contributed by atoms with Crippen LogP contribution in [0.3, 0.4) is 0 Å². The highest BCUT2D eigenvalue weighted by Crippen LogP contribution is 2.36. The van der Waals surface area contributed by atoms with Gasteiger partial charge in [-0.25, -0.2) is 13.2 Å². The molecule has 2 heterocycles. The summed E-state index contributed by atoms with van der Waals surface area (Å²) in [6.07, 6.45) is -0.448. The molecule has 0 bridgehead atoms. The Morgan fingerprint density at radius 1 is 1.20 bits per heavy atom. The van der Waals surface area contributed by atoms with E-state index >= 15 is 0 Å². The Balaban J connectivity index is 1.66. The average molecular weight is 588 g/mol. The van der Waals surface area contributed by atoms with Gasteiger partial charge in [0.2, 0.25) is 0 Å². The summed E-state index contributed by atoms with van der Waals surface area (Å²) in [5.74, 6) is -1.38. The standard InChI is InChI=1S/C28H33N3O7S2/c1-18-14-31(19(2)17-32)27(33)22-6-4-7-23(29-40(36,37)25-8-5-13-39-25)26(22)38-24(18)16-30(3)15-20-9-11-21(12-10-20)28(34)35/h4-13,18-19,24,29,32H,14-17H2,1-3H3,(H,34,35)/t18-,19-,24-/m1/s1. The maximum atomic E-state index is 13.6. The summed E-state index contributed by atoms with van der Waals surface area (Å²) in [7, 11) is -2.00. The molecule has 12 heteroatoms. The normalized spacial score (nSPS) is 18.4. The molecule has 214 valence electrons. The lowest BCUT2D eigenvalue weighted by Crippen LogP contribution is -2.49. The van der Waals surface area contributed by atoms with Gasteiger partial charge in [-0.15, -0.1) is 11.3 Å². The van der Waals surface area contributed by atoms with Gasteiger partial charge in [-0.05, 0) is 55.2 Å². The number of sulfonamides is 1. The molecular weight excluding hydrogens is 554 g/mol. The number of carboxylic acid groups (broad SMARTS) is 1. The second-order valence-electron chi connectivity index (χ2n) is 10.0. The second-order valence-corrected chi connectivity index (χ2v) is 12.9. The van der Waals surface area contributed by atoms with Crippen molar-refractivity contribution in [3.8, 4) is 5.75 Å². The molecule has 10 nitrogen and oxygen atoms in total. The van der Waals surface area contributed by atoms with Gasteiger partial charge in [0.1, 0.15) is 10.3 Å². The van der Waals surface area contributed by atoms with E-state index in [-0.39, 0.29) is 45.2 Å². The fourth-order valence-corrected chi connectivity index (χ4v) is 6.64. The molecule has 0 fully saturated rings. The number of anilines is 1. The zero-order valence-electron chi connectivity index (χ0n) is 22.5. The first-order valence-corrected chi connectivity index (χ1v) is 15.1. The summed E-state index contributed by atoms with van der Waals surface area (Å²) in [4.78, 5) is 28.4. The number of hydrogen-bond donors (Lipinski definition) is 3. The molecule has 40 heavy (non-hydrogen) atoms. The van der Waals surface area contributed by atoms with E-state index in [2.05, 4.69) is 4.72 Å². The molecule has 1 aliphatic heterocycles. The number of rotatable bonds is 10. The Labute approximate surface area is 237 Å². The first-order chi connectivity index (χ1) is 19.0. The molecule has 0 unspecified atom stereocenters. The van der Waals surface area contributed by atoms with Gasteiger partial charge in [0.25, 0.3) is 15.9 Å². The fraction of sp³-hybridized carbons (Fsp3) is 0.357. The smallest absolute Gasteiger partial charge is 0.335 e. The van der Waals surface area contributed by atoms with Crippen molar-refractivity contribution >= 4 is 38.9 Å². The lowest BCUT2D eigenvalue weighted by molar-refractivity contribution is 0.0344. The van der Waals surface area contributed by atoms with Crippen molar-refractivity contribution in [1.82, 2.24) is 9.80 Å². The Morgan fingerprint density at radius 3 is 2.55 bits per heavy atom. The third-order valence-corrected chi connectivity index (χ3v) is 9.60. The van der Waals surface area contributed by atoms with Crippen molar-refractivity contribution in [1.29, 1.82) is 0 Å². The molecule has 3 aromatic rings. The van der Waals surface area contributed by atoms with Crippen LogP contribution < -0.4 is 9.46 Å². The second kappa shape index (κ2) is 12.4. The number of nitrogens with one attached hydrogen (secondary N) is 1. The van der Waals surface area contributed by atoms with E-state index in [1.165, 1.54) is 6.07 Å². The number of carbonyl (C=O) groups excluding carboxylic acids is 1. The number of fused-ring (bicyclic) bond motifs is 1. The van der Waals surface area contributed by atoms with Crippen LogP contribution in [-0.4, -0.2) is 79.2 Å². The number of amides is 1. The van der Waals surface area contributed by atoms with E-state index < -0.39 is 28.1 Å². The highest BCUT2D eigenvalue weighted by molar-refractivity contribution is 7.94. The van der Waals surface area contributed by atoms with Crippen LogP contribution in [0.2, 0.25) is 0 Å². The monoisotopic (exact) mass is 587 g/mol. The fourth-order valence-electron chi connectivity index (χ4n) is 4.59. The van der Waals surface area contributed by atoms with Gasteiger partial charge in [-0.1, -0.05) is 31.2 Å². The van der Waals surface area contributed by atoms with Crippen LogP contribution in [0, 0.1) is 5.92 Å². The Hall–Kier alpha value is -3.45. The van der Waals surface area contributed by atoms with Crippen LogP contribution in [0.25, 0.3) is 0 Å². The number of carboxylic acids is 1. The molecule has 0 saturated heterocycles. The highest BCUT2D eigenvalue weighted by Gasteiger charge is 2.35. The average Bonchev–Trinajstić information content (AvgIpc) is 3.47. The Morgan fingerprint density at radius 2 is 1.93 bits per heavy atom. The summed E-state index contributed by atoms with van der Waals surface area (Å²) in [5, 5.41) is 20.7. The number of aliphatic hydroxyl groups excluding tert-OH is 1. The van der Waals surface area contributed by atoms with Crippen LogP contribution in [0.4, 0.5) is 5.69 Å². The minimum atomic E-state index is -3.91. The maximum absolute atomic E-state index is 13.6. The molecule has 3 N–H and O–H groups in total. The van der Waals surface area contributed by atoms with Crippen molar-refractivity contribution in [2.24, 2.45) is 5.92 Å². The number of nitrogens with zero attached hydrogens (tertiary/aromatic N) is 2. The molecular formula is C28H33N3O7S2. The topological polar surface area (TPSA) is 136 Å². The molecule has 3 atom stereocenters. The lowest BCUT2D eigenvalue weighted by Gasteiger charge is -2.38. The number of para-hydroxylation sites is 1. The summed E-state index contributed by atoms with van der Waals surface area (Å²) < 4.78 is 35.3. The Bertz CT molecular complexity index is 1440.